The average Bonchev–Trinajstić information content (AvgIpc) is 3.49. The lowest BCUT2D eigenvalue weighted by Gasteiger charge is -2.43. The number of nitrogens with zero attached hydrogens (tertiary/aromatic N) is 2. The summed E-state index contributed by atoms with van der Waals surface area (Å²) in [6.07, 6.45) is 3.99. The fourth-order valence-corrected chi connectivity index (χ4v) is 8.39. The normalized spacial score (nSPS) is 19.7. The quantitative estimate of drug-likeness (QED) is 0.161. The van der Waals surface area contributed by atoms with Gasteiger partial charge in [-0.25, -0.2) is 4.99 Å². The molecule has 1 amide bonds. The molecule has 0 aromatic heterocycles. The van der Waals surface area contributed by atoms with Crippen LogP contribution in [0.3, 0.4) is 0 Å². The van der Waals surface area contributed by atoms with Gasteiger partial charge in [0, 0.05) is 35.1 Å². The van der Waals surface area contributed by atoms with Crippen LogP contribution in [0.25, 0.3) is 6.08 Å². The van der Waals surface area contributed by atoms with E-state index in [0.717, 1.165) is 47.2 Å². The standard InChI is InChI=1S/C42H36BrN3O3S/c1-48-38-22-28(14-17-37(38)49-26-27-12-15-31(43)16-13-27)23-39-41(47)45-42(50-39)44-32-24-35-33(29-8-4-2-5-9-29)18-20-46-21-19-34(36(25-32)40(35)46)30-10-6-3-7-11-30/h2-17,22-25,33-34H,18-21,26H2,1H3,(H,44,45,47)/b39-23-/t33-,34-/m1/s1. The number of amidine groups is 1. The highest BCUT2D eigenvalue weighted by Gasteiger charge is 2.35. The topological polar surface area (TPSA) is 63.2 Å². The Kier molecular flexibility index (Phi) is 9.21. The smallest absolute Gasteiger partial charge is 0.264 e. The second-order valence-electron chi connectivity index (χ2n) is 12.8. The van der Waals surface area contributed by atoms with Crippen LogP contribution < -0.4 is 19.7 Å². The van der Waals surface area contributed by atoms with Crippen molar-refractivity contribution in [1.82, 2.24) is 5.32 Å². The summed E-state index contributed by atoms with van der Waals surface area (Å²) in [4.78, 5) is 21.4. The molecule has 1 fully saturated rings. The van der Waals surface area contributed by atoms with E-state index in [1.54, 1.807) is 7.11 Å². The van der Waals surface area contributed by atoms with Gasteiger partial charge in [0.2, 0.25) is 0 Å². The third-order valence-electron chi connectivity index (χ3n) is 9.67. The van der Waals surface area contributed by atoms with Gasteiger partial charge in [-0.05, 0) is 100 Å². The molecule has 250 valence electrons. The summed E-state index contributed by atoms with van der Waals surface area (Å²) in [5.41, 5.74) is 9.41. The first-order valence-electron chi connectivity index (χ1n) is 16.9. The number of carbonyl (C=O) groups excluding carboxylic acids is 1. The summed E-state index contributed by atoms with van der Waals surface area (Å²) in [6, 6.07) is 39.8. The number of benzene rings is 5. The van der Waals surface area contributed by atoms with Crippen molar-refractivity contribution in [2.24, 2.45) is 4.99 Å². The summed E-state index contributed by atoms with van der Waals surface area (Å²) < 4.78 is 12.7. The van der Waals surface area contributed by atoms with E-state index in [1.165, 1.54) is 39.7 Å². The molecule has 6 nitrogen and oxygen atoms in total. The number of nitrogens with one attached hydrogen (secondary N) is 1. The van der Waals surface area contributed by atoms with Crippen molar-refractivity contribution in [2.45, 2.75) is 31.3 Å². The van der Waals surface area contributed by atoms with E-state index in [-0.39, 0.29) is 17.7 Å². The highest BCUT2D eigenvalue weighted by molar-refractivity contribution is 9.10. The van der Waals surface area contributed by atoms with Crippen molar-refractivity contribution in [1.29, 1.82) is 0 Å². The lowest BCUT2D eigenvalue weighted by molar-refractivity contribution is -0.115. The molecule has 0 saturated carbocycles. The summed E-state index contributed by atoms with van der Waals surface area (Å²) >= 11 is 4.83. The van der Waals surface area contributed by atoms with Crippen LogP contribution in [-0.4, -0.2) is 31.3 Å². The molecule has 8 heteroatoms. The van der Waals surface area contributed by atoms with Crippen LogP contribution in [0, 0.1) is 0 Å². The summed E-state index contributed by atoms with van der Waals surface area (Å²) in [7, 11) is 1.62. The summed E-state index contributed by atoms with van der Waals surface area (Å²) in [6.45, 7) is 2.50. The maximum absolute atomic E-state index is 13.2. The molecule has 0 unspecified atom stereocenters. The van der Waals surface area contributed by atoms with Crippen molar-refractivity contribution in [3.63, 3.8) is 0 Å². The molecule has 0 aliphatic carbocycles. The van der Waals surface area contributed by atoms with Gasteiger partial charge >= 0.3 is 0 Å². The van der Waals surface area contributed by atoms with Crippen LogP contribution in [-0.2, 0) is 11.4 Å². The summed E-state index contributed by atoms with van der Waals surface area (Å²) in [5, 5.41) is 3.59. The van der Waals surface area contributed by atoms with Crippen LogP contribution >= 0.6 is 27.7 Å². The molecule has 0 bridgehead atoms. The van der Waals surface area contributed by atoms with Gasteiger partial charge < -0.3 is 19.7 Å². The Morgan fingerprint density at radius 2 is 1.48 bits per heavy atom. The molecule has 8 rings (SSSR count). The Balaban J connectivity index is 1.09. The van der Waals surface area contributed by atoms with Crippen molar-refractivity contribution in [3.05, 3.63) is 158 Å². The highest BCUT2D eigenvalue weighted by Crippen LogP contribution is 2.50. The monoisotopic (exact) mass is 741 g/mol. The van der Waals surface area contributed by atoms with Gasteiger partial charge in [0.1, 0.15) is 6.61 Å². The number of aliphatic imine (C=N–C) groups is 1. The van der Waals surface area contributed by atoms with Crippen molar-refractivity contribution < 1.29 is 14.3 Å². The van der Waals surface area contributed by atoms with Crippen LogP contribution in [0.15, 0.2) is 130 Å². The predicted octanol–water partition coefficient (Wildman–Crippen LogP) is 9.81. The Labute approximate surface area is 305 Å². The molecule has 5 aromatic carbocycles. The van der Waals surface area contributed by atoms with E-state index < -0.39 is 0 Å². The highest BCUT2D eigenvalue weighted by atomic mass is 79.9. The molecule has 0 radical (unpaired) electrons. The molecule has 50 heavy (non-hydrogen) atoms. The van der Waals surface area contributed by atoms with Gasteiger partial charge in [-0.1, -0.05) is 94.8 Å². The Hall–Kier alpha value is -4.79. The number of ether oxygens (including phenoxy) is 2. The maximum Gasteiger partial charge on any atom is 0.264 e. The zero-order valence-corrected chi connectivity index (χ0v) is 30.0. The van der Waals surface area contributed by atoms with Crippen molar-refractivity contribution in [3.8, 4) is 11.5 Å². The van der Waals surface area contributed by atoms with Crippen LogP contribution in [0.4, 0.5) is 11.4 Å². The number of hydrogen-bond donors (Lipinski definition) is 1. The zero-order valence-electron chi connectivity index (χ0n) is 27.6. The predicted molar refractivity (Wildman–Crippen MR) is 207 cm³/mol. The third-order valence-corrected chi connectivity index (χ3v) is 11.1. The van der Waals surface area contributed by atoms with E-state index >= 15 is 0 Å². The SMILES string of the molecule is COc1cc(/C=C2\SC(=Nc3cc4c5c(c3)[C@@H](c3ccccc3)CCN5CC[C@@H]4c3ccccc3)NC2=O)ccc1OCc1ccc(Br)cc1. The number of hydrogen-bond acceptors (Lipinski definition) is 6. The van der Waals surface area contributed by atoms with E-state index in [9.17, 15) is 4.79 Å². The minimum Gasteiger partial charge on any atom is -0.493 e. The second-order valence-corrected chi connectivity index (χ2v) is 14.7. The van der Waals surface area contributed by atoms with Crippen LogP contribution in [0.5, 0.6) is 11.5 Å². The largest absolute Gasteiger partial charge is 0.493 e. The van der Waals surface area contributed by atoms with Gasteiger partial charge in [-0.15, -0.1) is 0 Å². The van der Waals surface area contributed by atoms with Crippen LogP contribution in [0.2, 0.25) is 0 Å². The van der Waals surface area contributed by atoms with E-state index in [2.05, 4.69) is 98.9 Å². The number of halogens is 1. The molecule has 1 saturated heterocycles. The fraction of sp³-hybridized carbons (Fsp3) is 0.190. The number of rotatable bonds is 8. The number of thioether (sulfide) groups is 1. The fourth-order valence-electron chi connectivity index (χ4n) is 7.29. The molecule has 1 N–H and O–H groups in total. The Bertz CT molecular complexity index is 2030. The van der Waals surface area contributed by atoms with E-state index in [4.69, 9.17) is 14.5 Å². The third kappa shape index (κ3) is 6.70. The van der Waals surface area contributed by atoms with E-state index in [0.29, 0.717) is 28.2 Å². The maximum atomic E-state index is 13.2. The molecule has 3 heterocycles. The average molecular weight is 743 g/mol. The summed E-state index contributed by atoms with van der Waals surface area (Å²) in [5.74, 6) is 1.65. The van der Waals surface area contributed by atoms with Gasteiger partial charge in [0.25, 0.3) is 5.91 Å². The first-order valence-corrected chi connectivity index (χ1v) is 18.5. The molecule has 0 spiro atoms. The number of amides is 1. The molecule has 5 aromatic rings. The molecule has 3 aliphatic rings. The van der Waals surface area contributed by atoms with Gasteiger partial charge in [0.15, 0.2) is 16.7 Å². The molecular weight excluding hydrogens is 706 g/mol. The van der Waals surface area contributed by atoms with Crippen molar-refractivity contribution >= 4 is 56.2 Å². The van der Waals surface area contributed by atoms with Gasteiger partial charge in [-0.3, -0.25) is 4.79 Å². The van der Waals surface area contributed by atoms with E-state index in [1.807, 2.05) is 48.5 Å². The first-order chi connectivity index (χ1) is 24.5. The number of methoxy groups -OCH3 is 1. The second kappa shape index (κ2) is 14.2. The van der Waals surface area contributed by atoms with Crippen LogP contribution in [0.1, 0.15) is 58.1 Å². The minimum absolute atomic E-state index is 0.168. The lowest BCUT2D eigenvalue weighted by Crippen LogP contribution is -2.37. The van der Waals surface area contributed by atoms with Gasteiger partial charge in [0.05, 0.1) is 17.7 Å². The molecular formula is C42H36BrN3O3S. The Morgan fingerprint density at radius 1 is 0.840 bits per heavy atom. The first kappa shape index (κ1) is 32.4. The lowest BCUT2D eigenvalue weighted by atomic mass is 9.76. The van der Waals surface area contributed by atoms with Crippen molar-refractivity contribution in [2.75, 3.05) is 25.1 Å². The Morgan fingerprint density at radius 3 is 2.10 bits per heavy atom. The molecule has 2 atom stereocenters. The molecule has 3 aliphatic heterocycles. The van der Waals surface area contributed by atoms with Gasteiger partial charge in [-0.2, -0.15) is 0 Å². The minimum atomic E-state index is -0.168. The number of anilines is 1. The number of carbonyl (C=O) groups is 1. The zero-order chi connectivity index (χ0) is 34.0.